The highest BCUT2D eigenvalue weighted by Gasteiger charge is 2.20. The van der Waals surface area contributed by atoms with Gasteiger partial charge in [0.05, 0.1) is 11.2 Å². The van der Waals surface area contributed by atoms with Crippen molar-refractivity contribution in [2.75, 3.05) is 0 Å². The van der Waals surface area contributed by atoms with Crippen molar-refractivity contribution in [2.45, 2.75) is 32.3 Å². The summed E-state index contributed by atoms with van der Waals surface area (Å²) in [6.45, 7) is 0.451. The molecule has 0 saturated heterocycles. The summed E-state index contributed by atoms with van der Waals surface area (Å²) in [6, 6.07) is 26.4. The van der Waals surface area contributed by atoms with Crippen LogP contribution in [-0.4, -0.2) is 10.9 Å². The average Bonchev–Trinajstić information content (AvgIpc) is 2.82. The van der Waals surface area contributed by atoms with E-state index in [2.05, 4.69) is 36.4 Å². The molecule has 3 aromatic carbocycles. The molecule has 1 atom stereocenters. The first-order chi connectivity index (χ1) is 15.6. The van der Waals surface area contributed by atoms with Gasteiger partial charge in [0, 0.05) is 10.9 Å². The van der Waals surface area contributed by atoms with E-state index in [0.29, 0.717) is 18.1 Å². The second-order valence-corrected chi connectivity index (χ2v) is 8.59. The van der Waals surface area contributed by atoms with Gasteiger partial charge in [0.2, 0.25) is 5.91 Å². The van der Waals surface area contributed by atoms with E-state index in [1.807, 2.05) is 36.4 Å². The molecule has 0 bridgehead atoms. The second kappa shape index (κ2) is 8.83. The Labute approximate surface area is 188 Å². The maximum atomic E-state index is 11.5. The molecule has 2 N–H and O–H groups in total. The van der Waals surface area contributed by atoms with Crippen LogP contribution in [0.15, 0.2) is 78.9 Å². The quantitative estimate of drug-likeness (QED) is 0.461. The molecule has 5 rings (SSSR count). The lowest BCUT2D eigenvalue weighted by molar-refractivity contribution is 0.1000. The minimum atomic E-state index is -0.372. The van der Waals surface area contributed by atoms with Crippen molar-refractivity contribution in [1.82, 2.24) is 4.98 Å². The molecule has 1 amide bonds. The Balaban J connectivity index is 1.26. The van der Waals surface area contributed by atoms with Crippen LogP contribution >= 0.6 is 0 Å². The number of hydrogen-bond acceptors (Lipinski definition) is 3. The number of benzene rings is 3. The van der Waals surface area contributed by atoms with Crippen LogP contribution in [0.3, 0.4) is 0 Å². The molecule has 0 radical (unpaired) electrons. The molecule has 4 heteroatoms. The number of nitrogens with two attached hydrogens (primary N) is 1. The van der Waals surface area contributed by atoms with Crippen molar-refractivity contribution in [1.29, 1.82) is 0 Å². The van der Waals surface area contributed by atoms with Gasteiger partial charge in [0.1, 0.15) is 12.4 Å². The van der Waals surface area contributed by atoms with E-state index >= 15 is 0 Å². The summed E-state index contributed by atoms with van der Waals surface area (Å²) in [5.41, 5.74) is 11.9. The van der Waals surface area contributed by atoms with Crippen molar-refractivity contribution in [2.24, 2.45) is 11.7 Å². The number of pyridine rings is 1. The number of hydrogen-bond donors (Lipinski definition) is 1. The number of ether oxygens (including phenoxy) is 1. The Morgan fingerprint density at radius 3 is 2.78 bits per heavy atom. The first kappa shape index (κ1) is 20.3. The SMILES string of the molecule is NC(=O)c1cccc(CC2CCc3ccc(OCc4ccc5ccccc5n4)cc3C2)c1. The molecule has 0 spiro atoms. The largest absolute Gasteiger partial charge is 0.487 e. The maximum absolute atomic E-state index is 11.5. The monoisotopic (exact) mass is 422 g/mol. The minimum Gasteiger partial charge on any atom is -0.487 e. The van der Waals surface area contributed by atoms with Crippen molar-refractivity contribution in [3.05, 3.63) is 107 Å². The van der Waals surface area contributed by atoms with Crippen LogP contribution in [0, 0.1) is 5.92 Å². The Bertz CT molecular complexity index is 1280. The fourth-order valence-corrected chi connectivity index (χ4v) is 4.60. The molecule has 1 aliphatic rings. The normalized spacial score (nSPS) is 15.3. The lowest BCUT2D eigenvalue weighted by atomic mass is 9.80. The van der Waals surface area contributed by atoms with Crippen molar-refractivity contribution >= 4 is 16.8 Å². The maximum Gasteiger partial charge on any atom is 0.248 e. The van der Waals surface area contributed by atoms with E-state index in [1.54, 1.807) is 6.07 Å². The van der Waals surface area contributed by atoms with Crippen molar-refractivity contribution in [3.8, 4) is 5.75 Å². The topological polar surface area (TPSA) is 65.2 Å². The van der Waals surface area contributed by atoms with E-state index in [-0.39, 0.29) is 5.91 Å². The summed E-state index contributed by atoms with van der Waals surface area (Å²) in [7, 11) is 0. The predicted octanol–water partition coefficient (Wildman–Crippen LogP) is 5.26. The summed E-state index contributed by atoms with van der Waals surface area (Å²) in [5.74, 6) is 1.06. The van der Waals surface area contributed by atoms with Crippen LogP contribution in [0.2, 0.25) is 0 Å². The summed E-state index contributed by atoms with van der Waals surface area (Å²) >= 11 is 0. The number of fused-ring (bicyclic) bond motifs is 2. The third-order valence-corrected chi connectivity index (χ3v) is 6.29. The van der Waals surface area contributed by atoms with Crippen LogP contribution in [0.5, 0.6) is 5.75 Å². The number of carbonyl (C=O) groups excluding carboxylic acids is 1. The number of aromatic nitrogens is 1. The highest BCUT2D eigenvalue weighted by atomic mass is 16.5. The van der Waals surface area contributed by atoms with Gasteiger partial charge >= 0.3 is 0 Å². The molecule has 0 aliphatic heterocycles. The predicted molar refractivity (Wildman–Crippen MR) is 127 cm³/mol. The Morgan fingerprint density at radius 2 is 1.88 bits per heavy atom. The fraction of sp³-hybridized carbons (Fsp3) is 0.214. The van der Waals surface area contributed by atoms with E-state index in [9.17, 15) is 4.79 Å². The van der Waals surface area contributed by atoms with E-state index in [4.69, 9.17) is 15.5 Å². The van der Waals surface area contributed by atoms with Crippen molar-refractivity contribution < 1.29 is 9.53 Å². The van der Waals surface area contributed by atoms with Crippen LogP contribution in [-0.2, 0) is 25.9 Å². The van der Waals surface area contributed by atoms with Gasteiger partial charge in [-0.3, -0.25) is 4.79 Å². The molecule has 1 heterocycles. The van der Waals surface area contributed by atoms with E-state index < -0.39 is 0 Å². The number of amides is 1. The zero-order chi connectivity index (χ0) is 21.9. The minimum absolute atomic E-state index is 0.372. The first-order valence-electron chi connectivity index (χ1n) is 11.1. The lowest BCUT2D eigenvalue weighted by Crippen LogP contribution is -2.17. The summed E-state index contributed by atoms with van der Waals surface area (Å²) < 4.78 is 6.09. The zero-order valence-electron chi connectivity index (χ0n) is 18.0. The highest BCUT2D eigenvalue weighted by molar-refractivity contribution is 5.92. The van der Waals surface area contributed by atoms with Crippen LogP contribution in [0.25, 0.3) is 10.9 Å². The molecule has 1 unspecified atom stereocenters. The van der Waals surface area contributed by atoms with Gasteiger partial charge in [-0.15, -0.1) is 0 Å². The fourth-order valence-electron chi connectivity index (χ4n) is 4.60. The summed E-state index contributed by atoms with van der Waals surface area (Å²) in [6.07, 6.45) is 4.19. The van der Waals surface area contributed by atoms with Gasteiger partial charge in [0.25, 0.3) is 0 Å². The van der Waals surface area contributed by atoms with Gasteiger partial charge in [-0.1, -0.05) is 42.5 Å². The summed E-state index contributed by atoms with van der Waals surface area (Å²) in [5, 5.41) is 1.14. The van der Waals surface area contributed by atoms with Gasteiger partial charge in [-0.2, -0.15) is 0 Å². The third kappa shape index (κ3) is 4.50. The first-order valence-corrected chi connectivity index (χ1v) is 11.1. The molecule has 4 nitrogen and oxygen atoms in total. The van der Waals surface area contributed by atoms with Crippen molar-refractivity contribution in [3.63, 3.8) is 0 Å². The van der Waals surface area contributed by atoms with Gasteiger partial charge in [-0.05, 0) is 84.7 Å². The third-order valence-electron chi connectivity index (χ3n) is 6.29. The van der Waals surface area contributed by atoms with E-state index in [1.165, 1.54) is 16.7 Å². The molecule has 0 fully saturated rings. The number of aryl methyl sites for hydroxylation is 1. The summed E-state index contributed by atoms with van der Waals surface area (Å²) in [4.78, 5) is 16.2. The number of para-hydroxylation sites is 1. The smallest absolute Gasteiger partial charge is 0.248 e. The molecule has 160 valence electrons. The molecule has 1 aliphatic carbocycles. The molecule has 0 saturated carbocycles. The number of primary amides is 1. The van der Waals surface area contributed by atoms with Crippen LogP contribution in [0.4, 0.5) is 0 Å². The van der Waals surface area contributed by atoms with Crippen LogP contribution in [0.1, 0.15) is 39.2 Å². The molecule has 32 heavy (non-hydrogen) atoms. The highest BCUT2D eigenvalue weighted by Crippen LogP contribution is 2.31. The number of nitrogens with zero attached hydrogens (tertiary/aromatic N) is 1. The number of rotatable bonds is 6. The molecule has 1 aromatic heterocycles. The van der Waals surface area contributed by atoms with Gasteiger partial charge < -0.3 is 10.5 Å². The lowest BCUT2D eigenvalue weighted by Gasteiger charge is -2.25. The second-order valence-electron chi connectivity index (χ2n) is 8.59. The molecule has 4 aromatic rings. The zero-order valence-corrected chi connectivity index (χ0v) is 18.0. The van der Waals surface area contributed by atoms with Crippen LogP contribution < -0.4 is 10.5 Å². The Hall–Kier alpha value is -3.66. The molecular formula is C28H26N2O2. The van der Waals surface area contributed by atoms with Gasteiger partial charge in [0.15, 0.2) is 0 Å². The average molecular weight is 423 g/mol. The number of carbonyl (C=O) groups is 1. The van der Waals surface area contributed by atoms with Gasteiger partial charge in [-0.25, -0.2) is 4.98 Å². The molecular weight excluding hydrogens is 396 g/mol. The standard InChI is InChI=1S/C28H26N2O2/c29-28(31)23-6-3-4-19(15-23)14-20-8-9-21-11-13-26(17-24(21)16-20)32-18-25-12-10-22-5-1-2-7-27(22)30-25/h1-7,10-13,15,17,20H,8-9,14,16,18H2,(H2,29,31). The van der Waals surface area contributed by atoms with E-state index in [0.717, 1.165) is 48.0 Å². The Kier molecular flexibility index (Phi) is 5.59. The Morgan fingerprint density at radius 1 is 0.969 bits per heavy atom.